The minimum absolute atomic E-state index is 0.309. The molecule has 2 rings (SSSR count). The fourth-order valence-corrected chi connectivity index (χ4v) is 1.80. The average molecular weight is 192 g/mol. The number of ether oxygens (including phenoxy) is 1. The first-order valence-electron chi connectivity index (χ1n) is 5.11. The third-order valence-corrected chi connectivity index (χ3v) is 2.51. The lowest BCUT2D eigenvalue weighted by atomic mass is 10.1. The Morgan fingerprint density at radius 1 is 1.50 bits per heavy atom. The molecule has 0 aromatic carbocycles. The predicted octanol–water partition coefficient (Wildman–Crippen LogP) is 1.55. The third-order valence-electron chi connectivity index (χ3n) is 2.51. The van der Waals surface area contributed by atoms with Crippen LogP contribution in [0.3, 0.4) is 0 Å². The molecule has 0 spiro atoms. The van der Waals surface area contributed by atoms with Crippen LogP contribution >= 0.6 is 0 Å². The summed E-state index contributed by atoms with van der Waals surface area (Å²) in [6, 6.07) is 5.77. The van der Waals surface area contributed by atoms with E-state index in [1.807, 2.05) is 18.2 Å². The summed E-state index contributed by atoms with van der Waals surface area (Å²) in [5.74, 6) is 0.743. The van der Waals surface area contributed by atoms with Crippen LogP contribution in [-0.2, 0) is 0 Å². The molecule has 1 aromatic heterocycles. The van der Waals surface area contributed by atoms with Crippen LogP contribution < -0.4 is 4.74 Å². The van der Waals surface area contributed by atoms with E-state index in [2.05, 4.69) is 16.9 Å². The molecular weight excluding hydrogens is 176 g/mol. The second-order valence-corrected chi connectivity index (χ2v) is 3.81. The second kappa shape index (κ2) is 4.42. The maximum atomic E-state index is 5.77. The molecule has 1 atom stereocenters. The van der Waals surface area contributed by atoms with Crippen molar-refractivity contribution >= 4 is 0 Å². The van der Waals surface area contributed by atoms with Crippen LogP contribution in [0.1, 0.15) is 12.8 Å². The summed E-state index contributed by atoms with van der Waals surface area (Å²) in [6.45, 7) is 2.19. The van der Waals surface area contributed by atoms with Crippen molar-refractivity contribution in [2.24, 2.45) is 0 Å². The minimum Gasteiger partial charge on any atom is -0.473 e. The highest BCUT2D eigenvalue weighted by Gasteiger charge is 2.18. The fraction of sp³-hybridized carbons (Fsp3) is 0.545. The van der Waals surface area contributed by atoms with E-state index in [4.69, 9.17) is 4.74 Å². The number of hydrogen-bond acceptors (Lipinski definition) is 3. The van der Waals surface area contributed by atoms with Crippen LogP contribution in [0.15, 0.2) is 24.4 Å². The summed E-state index contributed by atoms with van der Waals surface area (Å²) < 4.78 is 5.77. The number of rotatable bonds is 2. The van der Waals surface area contributed by atoms with Gasteiger partial charge in [0.15, 0.2) is 0 Å². The topological polar surface area (TPSA) is 25.4 Å². The maximum absolute atomic E-state index is 5.77. The van der Waals surface area contributed by atoms with E-state index in [0.717, 1.165) is 18.8 Å². The molecule has 0 bridgehead atoms. The van der Waals surface area contributed by atoms with Crippen LogP contribution in [0, 0.1) is 0 Å². The van der Waals surface area contributed by atoms with Crippen molar-refractivity contribution in [3.8, 4) is 5.88 Å². The molecule has 0 N–H and O–H groups in total. The molecule has 3 nitrogen and oxygen atoms in total. The molecule has 3 heteroatoms. The summed E-state index contributed by atoms with van der Waals surface area (Å²) in [4.78, 5) is 6.46. The van der Waals surface area contributed by atoms with Gasteiger partial charge in [0.1, 0.15) is 6.10 Å². The van der Waals surface area contributed by atoms with Gasteiger partial charge >= 0.3 is 0 Å². The summed E-state index contributed by atoms with van der Waals surface area (Å²) in [5.41, 5.74) is 0. The van der Waals surface area contributed by atoms with E-state index in [1.54, 1.807) is 6.20 Å². The van der Waals surface area contributed by atoms with Gasteiger partial charge in [-0.3, -0.25) is 0 Å². The molecule has 0 aliphatic carbocycles. The smallest absolute Gasteiger partial charge is 0.213 e. The van der Waals surface area contributed by atoms with Crippen LogP contribution in [-0.4, -0.2) is 36.1 Å². The zero-order valence-electron chi connectivity index (χ0n) is 8.52. The highest BCUT2D eigenvalue weighted by Crippen LogP contribution is 2.14. The molecule has 1 aliphatic rings. The zero-order chi connectivity index (χ0) is 9.80. The van der Waals surface area contributed by atoms with Gasteiger partial charge in [-0.05, 0) is 32.5 Å². The Morgan fingerprint density at radius 3 is 3.14 bits per heavy atom. The quantitative estimate of drug-likeness (QED) is 0.711. The predicted molar refractivity (Wildman–Crippen MR) is 55.4 cm³/mol. The number of nitrogens with zero attached hydrogens (tertiary/aromatic N) is 2. The van der Waals surface area contributed by atoms with Gasteiger partial charge < -0.3 is 9.64 Å². The average Bonchev–Trinajstić information content (AvgIpc) is 2.19. The molecule has 14 heavy (non-hydrogen) atoms. The maximum Gasteiger partial charge on any atom is 0.213 e. The van der Waals surface area contributed by atoms with Crippen molar-refractivity contribution < 1.29 is 4.74 Å². The molecule has 0 amide bonds. The Morgan fingerprint density at radius 2 is 2.43 bits per heavy atom. The molecule has 76 valence electrons. The standard InChI is InChI=1S/C11H16N2O/c1-13-8-4-5-10(9-13)14-11-6-2-3-7-12-11/h2-3,6-7,10H,4-5,8-9H2,1H3. The Balaban J connectivity index is 1.91. The van der Waals surface area contributed by atoms with Crippen molar-refractivity contribution in [1.29, 1.82) is 0 Å². The SMILES string of the molecule is CN1CCCC(Oc2ccccn2)C1. The van der Waals surface area contributed by atoms with E-state index in [9.17, 15) is 0 Å². The number of likely N-dealkylation sites (N-methyl/N-ethyl adjacent to an activating group) is 1. The molecule has 1 aliphatic heterocycles. The third kappa shape index (κ3) is 2.45. The lowest BCUT2D eigenvalue weighted by Crippen LogP contribution is -2.38. The minimum atomic E-state index is 0.309. The van der Waals surface area contributed by atoms with Crippen molar-refractivity contribution in [1.82, 2.24) is 9.88 Å². The van der Waals surface area contributed by atoms with Gasteiger partial charge in [-0.25, -0.2) is 4.98 Å². The fourth-order valence-electron chi connectivity index (χ4n) is 1.80. The van der Waals surface area contributed by atoms with Crippen LogP contribution in [0.25, 0.3) is 0 Å². The van der Waals surface area contributed by atoms with E-state index in [-0.39, 0.29) is 0 Å². The summed E-state index contributed by atoms with van der Waals surface area (Å²) in [6.07, 6.45) is 4.43. The van der Waals surface area contributed by atoms with E-state index < -0.39 is 0 Å². The van der Waals surface area contributed by atoms with Gasteiger partial charge in [-0.15, -0.1) is 0 Å². The number of piperidine rings is 1. The molecule has 1 saturated heterocycles. The van der Waals surface area contributed by atoms with Gasteiger partial charge in [0.05, 0.1) is 0 Å². The monoisotopic (exact) mass is 192 g/mol. The van der Waals surface area contributed by atoms with E-state index >= 15 is 0 Å². The summed E-state index contributed by atoms with van der Waals surface area (Å²) in [7, 11) is 2.13. The Hall–Kier alpha value is -1.09. The van der Waals surface area contributed by atoms with E-state index in [0.29, 0.717) is 6.10 Å². The van der Waals surface area contributed by atoms with Crippen molar-refractivity contribution in [3.63, 3.8) is 0 Å². The van der Waals surface area contributed by atoms with Gasteiger partial charge in [0.2, 0.25) is 5.88 Å². The van der Waals surface area contributed by atoms with Crippen molar-refractivity contribution in [2.75, 3.05) is 20.1 Å². The molecule has 1 aromatic rings. The van der Waals surface area contributed by atoms with E-state index in [1.165, 1.54) is 13.0 Å². The Labute approximate surface area is 84.7 Å². The first-order chi connectivity index (χ1) is 6.84. The molecule has 2 heterocycles. The summed E-state index contributed by atoms with van der Waals surface area (Å²) in [5, 5.41) is 0. The Kier molecular flexibility index (Phi) is 2.99. The van der Waals surface area contributed by atoms with Gasteiger partial charge in [0, 0.05) is 18.8 Å². The number of likely N-dealkylation sites (tertiary alicyclic amines) is 1. The molecule has 1 fully saturated rings. The molecule has 0 saturated carbocycles. The van der Waals surface area contributed by atoms with Crippen molar-refractivity contribution in [2.45, 2.75) is 18.9 Å². The van der Waals surface area contributed by atoms with Gasteiger partial charge in [-0.1, -0.05) is 6.07 Å². The highest BCUT2D eigenvalue weighted by molar-refractivity contribution is 5.09. The molecule has 0 radical (unpaired) electrons. The van der Waals surface area contributed by atoms with Crippen LogP contribution in [0.2, 0.25) is 0 Å². The normalized spacial score (nSPS) is 23.4. The number of aromatic nitrogens is 1. The van der Waals surface area contributed by atoms with Crippen LogP contribution in [0.4, 0.5) is 0 Å². The lowest BCUT2D eigenvalue weighted by molar-refractivity contribution is 0.100. The molecular formula is C11H16N2O. The van der Waals surface area contributed by atoms with Gasteiger partial charge in [0.25, 0.3) is 0 Å². The second-order valence-electron chi connectivity index (χ2n) is 3.81. The lowest BCUT2D eigenvalue weighted by Gasteiger charge is -2.29. The molecule has 1 unspecified atom stereocenters. The number of pyridine rings is 1. The summed E-state index contributed by atoms with van der Waals surface area (Å²) >= 11 is 0. The van der Waals surface area contributed by atoms with Gasteiger partial charge in [-0.2, -0.15) is 0 Å². The highest BCUT2D eigenvalue weighted by atomic mass is 16.5. The zero-order valence-corrected chi connectivity index (χ0v) is 8.52. The first-order valence-corrected chi connectivity index (χ1v) is 5.11. The first kappa shape index (κ1) is 9.46. The van der Waals surface area contributed by atoms with Crippen molar-refractivity contribution in [3.05, 3.63) is 24.4 Å². The largest absolute Gasteiger partial charge is 0.473 e. The number of hydrogen-bond donors (Lipinski definition) is 0. The van der Waals surface area contributed by atoms with Crippen LogP contribution in [0.5, 0.6) is 5.88 Å². The Bertz CT molecular complexity index is 276.